The molecule has 2 aromatic rings. The molecular formula is C17H17N2NaO3. The SMILES string of the molecule is O=C(NCc1ccccc1)N[C@@H](Cc1ccccc1)C(=O)[O-].[Na+]. The molecule has 0 heterocycles. The fourth-order valence-corrected chi connectivity index (χ4v) is 2.03. The van der Waals surface area contributed by atoms with E-state index in [0.717, 1.165) is 11.1 Å². The number of urea groups is 1. The van der Waals surface area contributed by atoms with E-state index in [2.05, 4.69) is 10.6 Å². The molecule has 2 amide bonds. The zero-order valence-corrected chi connectivity index (χ0v) is 15.0. The molecular weight excluding hydrogens is 303 g/mol. The molecule has 0 saturated carbocycles. The van der Waals surface area contributed by atoms with Crippen molar-refractivity contribution in [2.45, 2.75) is 19.0 Å². The number of aliphatic carboxylic acids is 1. The zero-order chi connectivity index (χ0) is 15.8. The molecule has 0 aliphatic rings. The summed E-state index contributed by atoms with van der Waals surface area (Å²) in [5, 5.41) is 16.2. The third-order valence-electron chi connectivity index (χ3n) is 3.17. The second kappa shape index (κ2) is 10.0. The van der Waals surface area contributed by atoms with Gasteiger partial charge in [-0.1, -0.05) is 60.7 Å². The van der Waals surface area contributed by atoms with Crippen LogP contribution in [0.25, 0.3) is 0 Å². The number of amides is 2. The van der Waals surface area contributed by atoms with Crippen LogP contribution in [-0.4, -0.2) is 18.0 Å². The van der Waals surface area contributed by atoms with Crippen molar-refractivity contribution < 1.29 is 44.3 Å². The van der Waals surface area contributed by atoms with Gasteiger partial charge in [-0.25, -0.2) is 4.79 Å². The summed E-state index contributed by atoms with van der Waals surface area (Å²) in [4.78, 5) is 23.0. The minimum atomic E-state index is -1.31. The van der Waals surface area contributed by atoms with Crippen molar-refractivity contribution >= 4 is 12.0 Å². The number of carboxylic acid groups (broad SMARTS) is 1. The molecule has 2 N–H and O–H groups in total. The Morgan fingerprint density at radius 2 is 1.43 bits per heavy atom. The van der Waals surface area contributed by atoms with Gasteiger partial charge in [0.1, 0.15) is 0 Å². The smallest absolute Gasteiger partial charge is 0.548 e. The first-order valence-electron chi connectivity index (χ1n) is 6.98. The van der Waals surface area contributed by atoms with Crippen LogP contribution in [0.2, 0.25) is 0 Å². The van der Waals surface area contributed by atoms with Gasteiger partial charge in [0.2, 0.25) is 0 Å². The van der Waals surface area contributed by atoms with Crippen LogP contribution in [0.15, 0.2) is 60.7 Å². The molecule has 1 atom stereocenters. The molecule has 0 fully saturated rings. The first-order chi connectivity index (χ1) is 10.6. The second-order valence-electron chi connectivity index (χ2n) is 4.87. The quantitative estimate of drug-likeness (QED) is 0.596. The minimum absolute atomic E-state index is 0. The Morgan fingerprint density at radius 3 is 1.96 bits per heavy atom. The third kappa shape index (κ3) is 6.86. The van der Waals surface area contributed by atoms with E-state index in [4.69, 9.17) is 0 Å². The zero-order valence-electron chi connectivity index (χ0n) is 13.0. The van der Waals surface area contributed by atoms with Gasteiger partial charge >= 0.3 is 35.6 Å². The molecule has 0 spiro atoms. The summed E-state index contributed by atoms with van der Waals surface area (Å²) in [5.74, 6) is -1.31. The fourth-order valence-electron chi connectivity index (χ4n) is 2.03. The molecule has 0 aromatic heterocycles. The number of benzene rings is 2. The van der Waals surface area contributed by atoms with Crippen LogP contribution in [0.1, 0.15) is 11.1 Å². The van der Waals surface area contributed by atoms with Gasteiger partial charge in [0.15, 0.2) is 0 Å². The van der Waals surface area contributed by atoms with Crippen molar-refractivity contribution in [1.29, 1.82) is 0 Å². The van der Waals surface area contributed by atoms with E-state index < -0.39 is 18.0 Å². The monoisotopic (exact) mass is 320 g/mol. The molecule has 5 nitrogen and oxygen atoms in total. The third-order valence-corrected chi connectivity index (χ3v) is 3.17. The Kier molecular flexibility index (Phi) is 8.40. The Balaban J connectivity index is 0.00000264. The minimum Gasteiger partial charge on any atom is -0.548 e. The van der Waals surface area contributed by atoms with Crippen molar-refractivity contribution in [2.75, 3.05) is 0 Å². The Morgan fingerprint density at radius 1 is 0.913 bits per heavy atom. The van der Waals surface area contributed by atoms with Gasteiger partial charge in [-0.15, -0.1) is 0 Å². The average molecular weight is 320 g/mol. The average Bonchev–Trinajstić information content (AvgIpc) is 2.54. The van der Waals surface area contributed by atoms with Gasteiger partial charge in [-0.3, -0.25) is 0 Å². The number of hydrogen-bond acceptors (Lipinski definition) is 3. The molecule has 0 bridgehead atoms. The van der Waals surface area contributed by atoms with Gasteiger partial charge < -0.3 is 20.5 Å². The molecule has 2 rings (SSSR count). The van der Waals surface area contributed by atoms with Crippen molar-refractivity contribution in [2.24, 2.45) is 0 Å². The van der Waals surface area contributed by atoms with Crippen molar-refractivity contribution in [3.63, 3.8) is 0 Å². The van der Waals surface area contributed by atoms with Crippen LogP contribution in [0.4, 0.5) is 4.79 Å². The van der Waals surface area contributed by atoms with Gasteiger partial charge in [-0.05, 0) is 17.5 Å². The number of carbonyl (C=O) groups is 2. The van der Waals surface area contributed by atoms with Gasteiger partial charge in [0, 0.05) is 6.54 Å². The van der Waals surface area contributed by atoms with E-state index in [-0.39, 0.29) is 36.0 Å². The maximum atomic E-state index is 11.8. The van der Waals surface area contributed by atoms with Crippen molar-refractivity contribution in [3.05, 3.63) is 71.8 Å². The van der Waals surface area contributed by atoms with Gasteiger partial charge in [-0.2, -0.15) is 0 Å². The first-order valence-corrected chi connectivity index (χ1v) is 6.98. The molecule has 0 aliphatic carbocycles. The standard InChI is InChI=1S/C17H18N2O3.Na/c20-16(21)15(11-13-7-3-1-4-8-13)19-17(22)18-12-14-9-5-2-6-10-14;/h1-10,15H,11-12H2,(H,20,21)(H2,18,19,22);/q;+1/p-1/t15-;/m0./s1. The Hall–Kier alpha value is -1.82. The number of nitrogens with one attached hydrogen (secondary N) is 2. The maximum Gasteiger partial charge on any atom is 1.00 e. The predicted octanol–water partition coefficient (Wildman–Crippen LogP) is -2.15. The molecule has 0 aliphatic heterocycles. The van der Waals surface area contributed by atoms with E-state index in [0.29, 0.717) is 6.54 Å². The van der Waals surface area contributed by atoms with E-state index in [9.17, 15) is 14.7 Å². The molecule has 6 heteroatoms. The van der Waals surface area contributed by atoms with E-state index in [1.165, 1.54) is 0 Å². The van der Waals surface area contributed by atoms with Crippen molar-refractivity contribution in [1.82, 2.24) is 10.6 Å². The van der Waals surface area contributed by atoms with Gasteiger partial charge in [0.25, 0.3) is 0 Å². The number of carbonyl (C=O) groups excluding carboxylic acids is 2. The topological polar surface area (TPSA) is 81.3 Å². The molecule has 114 valence electrons. The van der Waals surface area contributed by atoms with Crippen LogP contribution in [0.5, 0.6) is 0 Å². The number of hydrogen-bond donors (Lipinski definition) is 2. The number of carboxylic acids is 1. The molecule has 0 unspecified atom stereocenters. The fraction of sp³-hybridized carbons (Fsp3) is 0.176. The largest absolute Gasteiger partial charge is 1.00 e. The van der Waals surface area contributed by atoms with E-state index in [1.807, 2.05) is 48.5 Å². The predicted molar refractivity (Wildman–Crippen MR) is 80.8 cm³/mol. The summed E-state index contributed by atoms with van der Waals surface area (Å²) < 4.78 is 0. The molecule has 2 aromatic carbocycles. The summed E-state index contributed by atoms with van der Waals surface area (Å²) in [5.41, 5.74) is 1.76. The molecule has 23 heavy (non-hydrogen) atoms. The normalized spacial score (nSPS) is 11.0. The molecule has 0 saturated heterocycles. The summed E-state index contributed by atoms with van der Waals surface area (Å²) in [6.07, 6.45) is 0.182. The van der Waals surface area contributed by atoms with Gasteiger partial charge in [0.05, 0.1) is 12.0 Å². The number of rotatable bonds is 6. The van der Waals surface area contributed by atoms with Crippen LogP contribution in [0.3, 0.4) is 0 Å². The van der Waals surface area contributed by atoms with E-state index >= 15 is 0 Å². The molecule has 0 radical (unpaired) electrons. The summed E-state index contributed by atoms with van der Waals surface area (Å²) in [6.45, 7) is 0.331. The Bertz CT molecular complexity index is 620. The van der Waals surface area contributed by atoms with E-state index in [1.54, 1.807) is 12.1 Å². The summed E-state index contributed by atoms with van der Waals surface area (Å²) >= 11 is 0. The summed E-state index contributed by atoms with van der Waals surface area (Å²) in [6, 6.07) is 16.9. The van der Waals surface area contributed by atoms with Crippen LogP contribution >= 0.6 is 0 Å². The first kappa shape index (κ1) is 19.2. The Labute approximate surface area is 157 Å². The van der Waals surface area contributed by atoms with Crippen molar-refractivity contribution in [3.8, 4) is 0 Å². The van der Waals surface area contributed by atoms with Crippen LogP contribution in [-0.2, 0) is 17.8 Å². The summed E-state index contributed by atoms with van der Waals surface area (Å²) in [7, 11) is 0. The van der Waals surface area contributed by atoms with Crippen LogP contribution in [0, 0.1) is 0 Å². The van der Waals surface area contributed by atoms with Crippen LogP contribution < -0.4 is 45.3 Å². The maximum absolute atomic E-state index is 11.8. The second-order valence-corrected chi connectivity index (χ2v) is 4.87.